The van der Waals surface area contributed by atoms with Crippen LogP contribution in [0.5, 0.6) is 0 Å². The Morgan fingerprint density at radius 3 is 2.73 bits per heavy atom. The summed E-state index contributed by atoms with van der Waals surface area (Å²) in [4.78, 5) is 12.1. The van der Waals surface area contributed by atoms with Gasteiger partial charge in [-0.3, -0.25) is 4.79 Å². The SMILES string of the molecule is CCN(C)/C=C/CCC(=O)O. The molecule has 0 aromatic heterocycles. The van der Waals surface area contributed by atoms with E-state index in [1.165, 1.54) is 0 Å². The summed E-state index contributed by atoms with van der Waals surface area (Å²) in [5.41, 5.74) is 0. The van der Waals surface area contributed by atoms with Crippen molar-refractivity contribution in [1.29, 1.82) is 0 Å². The van der Waals surface area contributed by atoms with Crippen molar-refractivity contribution in [2.24, 2.45) is 0 Å². The normalized spacial score (nSPS) is 10.4. The number of hydrogen-bond donors (Lipinski definition) is 1. The van der Waals surface area contributed by atoms with Gasteiger partial charge in [-0.1, -0.05) is 6.08 Å². The van der Waals surface area contributed by atoms with Crippen molar-refractivity contribution >= 4 is 5.97 Å². The molecule has 0 saturated heterocycles. The fraction of sp³-hybridized carbons (Fsp3) is 0.625. The Morgan fingerprint density at radius 2 is 2.27 bits per heavy atom. The zero-order valence-corrected chi connectivity index (χ0v) is 7.08. The van der Waals surface area contributed by atoms with Crippen LogP contribution in [0.4, 0.5) is 0 Å². The van der Waals surface area contributed by atoms with E-state index in [2.05, 4.69) is 0 Å². The fourth-order valence-electron chi connectivity index (χ4n) is 0.567. The summed E-state index contributed by atoms with van der Waals surface area (Å²) in [7, 11) is 1.96. The molecule has 0 amide bonds. The van der Waals surface area contributed by atoms with Gasteiger partial charge in [0.25, 0.3) is 0 Å². The van der Waals surface area contributed by atoms with Gasteiger partial charge in [0, 0.05) is 20.0 Å². The lowest BCUT2D eigenvalue weighted by molar-refractivity contribution is -0.136. The largest absolute Gasteiger partial charge is 0.481 e. The minimum absolute atomic E-state index is 0.216. The first-order valence-electron chi connectivity index (χ1n) is 3.75. The number of carbonyl (C=O) groups is 1. The number of aliphatic carboxylic acids is 1. The molecule has 1 N–H and O–H groups in total. The Morgan fingerprint density at radius 1 is 1.64 bits per heavy atom. The van der Waals surface area contributed by atoms with Crippen LogP contribution in [-0.2, 0) is 4.79 Å². The highest BCUT2D eigenvalue weighted by Gasteiger charge is 1.91. The molecule has 0 atom stereocenters. The monoisotopic (exact) mass is 157 g/mol. The van der Waals surface area contributed by atoms with Crippen LogP contribution < -0.4 is 0 Å². The third-order valence-corrected chi connectivity index (χ3v) is 1.38. The van der Waals surface area contributed by atoms with Crippen LogP contribution in [0.3, 0.4) is 0 Å². The van der Waals surface area contributed by atoms with Crippen molar-refractivity contribution in [3.8, 4) is 0 Å². The van der Waals surface area contributed by atoms with Crippen molar-refractivity contribution < 1.29 is 9.90 Å². The van der Waals surface area contributed by atoms with Gasteiger partial charge in [-0.15, -0.1) is 0 Å². The van der Waals surface area contributed by atoms with Gasteiger partial charge < -0.3 is 10.0 Å². The highest BCUT2D eigenvalue weighted by molar-refractivity contribution is 5.66. The Balaban J connectivity index is 3.36. The van der Waals surface area contributed by atoms with E-state index in [1.807, 2.05) is 31.1 Å². The Hall–Kier alpha value is -0.990. The van der Waals surface area contributed by atoms with E-state index < -0.39 is 5.97 Å². The van der Waals surface area contributed by atoms with Crippen LogP contribution in [-0.4, -0.2) is 29.6 Å². The summed E-state index contributed by atoms with van der Waals surface area (Å²) in [6.45, 7) is 2.99. The molecule has 0 aliphatic rings. The molecule has 0 radical (unpaired) electrons. The first-order valence-corrected chi connectivity index (χ1v) is 3.75. The molecule has 0 fully saturated rings. The van der Waals surface area contributed by atoms with Crippen LogP contribution in [0.15, 0.2) is 12.3 Å². The molecule has 3 heteroatoms. The Kier molecular flexibility index (Phi) is 5.25. The maximum Gasteiger partial charge on any atom is 0.303 e. The fourth-order valence-corrected chi connectivity index (χ4v) is 0.567. The molecule has 0 rings (SSSR count). The second-order valence-corrected chi connectivity index (χ2v) is 2.39. The van der Waals surface area contributed by atoms with Crippen molar-refractivity contribution in [1.82, 2.24) is 4.90 Å². The summed E-state index contributed by atoms with van der Waals surface area (Å²) < 4.78 is 0. The molecule has 11 heavy (non-hydrogen) atoms. The second kappa shape index (κ2) is 5.77. The van der Waals surface area contributed by atoms with E-state index in [0.717, 1.165) is 6.54 Å². The first-order chi connectivity index (χ1) is 5.16. The van der Waals surface area contributed by atoms with Crippen LogP contribution in [0, 0.1) is 0 Å². The van der Waals surface area contributed by atoms with Gasteiger partial charge in [-0.05, 0) is 19.5 Å². The molecule has 0 spiro atoms. The molecule has 0 aliphatic carbocycles. The van der Waals surface area contributed by atoms with Crippen molar-refractivity contribution in [2.75, 3.05) is 13.6 Å². The van der Waals surface area contributed by atoms with Crippen LogP contribution in [0.1, 0.15) is 19.8 Å². The molecule has 0 bridgehead atoms. The number of allylic oxidation sites excluding steroid dienone is 1. The maximum absolute atomic E-state index is 10.1. The first kappa shape index (κ1) is 10.0. The van der Waals surface area contributed by atoms with Crippen LogP contribution in [0.25, 0.3) is 0 Å². The van der Waals surface area contributed by atoms with Crippen molar-refractivity contribution in [3.63, 3.8) is 0 Å². The smallest absolute Gasteiger partial charge is 0.303 e. The van der Waals surface area contributed by atoms with Crippen molar-refractivity contribution in [2.45, 2.75) is 19.8 Å². The molecular formula is C8H15NO2. The third kappa shape index (κ3) is 6.90. The van der Waals surface area contributed by atoms with E-state index >= 15 is 0 Å². The molecule has 0 aliphatic heterocycles. The standard InChI is InChI=1S/C8H15NO2/c1-3-9(2)7-5-4-6-8(10)11/h5,7H,3-4,6H2,1-2H3,(H,10,11)/b7-5+. The van der Waals surface area contributed by atoms with Gasteiger partial charge in [0.05, 0.1) is 0 Å². The molecule has 0 aromatic rings. The number of nitrogens with zero attached hydrogens (tertiary/aromatic N) is 1. The quantitative estimate of drug-likeness (QED) is 0.654. The molecule has 0 unspecified atom stereocenters. The minimum Gasteiger partial charge on any atom is -0.481 e. The molecular weight excluding hydrogens is 142 g/mol. The van der Waals surface area contributed by atoms with Gasteiger partial charge in [-0.2, -0.15) is 0 Å². The third-order valence-electron chi connectivity index (χ3n) is 1.38. The number of hydrogen-bond acceptors (Lipinski definition) is 2. The average Bonchev–Trinajstić information content (AvgIpc) is 1.97. The number of carboxylic acids is 1. The average molecular weight is 157 g/mol. The lowest BCUT2D eigenvalue weighted by atomic mass is 10.3. The second-order valence-electron chi connectivity index (χ2n) is 2.39. The van der Waals surface area contributed by atoms with Gasteiger partial charge in [0.1, 0.15) is 0 Å². The maximum atomic E-state index is 10.1. The predicted octanol–water partition coefficient (Wildman–Crippen LogP) is 1.32. The van der Waals surface area contributed by atoms with E-state index in [1.54, 1.807) is 0 Å². The van der Waals surface area contributed by atoms with Crippen LogP contribution >= 0.6 is 0 Å². The Bertz CT molecular complexity index is 143. The van der Waals surface area contributed by atoms with Crippen molar-refractivity contribution in [3.05, 3.63) is 12.3 Å². The van der Waals surface area contributed by atoms with Gasteiger partial charge in [0.2, 0.25) is 0 Å². The minimum atomic E-state index is -0.742. The highest BCUT2D eigenvalue weighted by atomic mass is 16.4. The number of carboxylic acid groups (broad SMARTS) is 1. The van der Waals surface area contributed by atoms with Crippen LogP contribution in [0.2, 0.25) is 0 Å². The van der Waals surface area contributed by atoms with E-state index in [-0.39, 0.29) is 6.42 Å². The summed E-state index contributed by atoms with van der Waals surface area (Å²) in [5.74, 6) is -0.742. The highest BCUT2D eigenvalue weighted by Crippen LogP contribution is 1.92. The summed E-state index contributed by atoms with van der Waals surface area (Å²) in [6.07, 6.45) is 4.61. The molecule has 3 nitrogen and oxygen atoms in total. The molecule has 64 valence electrons. The predicted molar refractivity (Wildman–Crippen MR) is 44.3 cm³/mol. The molecule has 0 saturated carbocycles. The lowest BCUT2D eigenvalue weighted by Gasteiger charge is -2.08. The van der Waals surface area contributed by atoms with E-state index in [9.17, 15) is 4.79 Å². The molecule has 0 heterocycles. The zero-order valence-electron chi connectivity index (χ0n) is 7.08. The van der Waals surface area contributed by atoms with Gasteiger partial charge >= 0.3 is 5.97 Å². The topological polar surface area (TPSA) is 40.5 Å². The van der Waals surface area contributed by atoms with E-state index in [0.29, 0.717) is 6.42 Å². The summed E-state index contributed by atoms with van der Waals surface area (Å²) in [6, 6.07) is 0. The van der Waals surface area contributed by atoms with E-state index in [4.69, 9.17) is 5.11 Å². The molecule has 0 aromatic carbocycles. The summed E-state index contributed by atoms with van der Waals surface area (Å²) in [5, 5.41) is 8.29. The van der Waals surface area contributed by atoms with Gasteiger partial charge in [-0.25, -0.2) is 0 Å². The number of rotatable bonds is 5. The Labute approximate surface area is 67.3 Å². The van der Waals surface area contributed by atoms with Gasteiger partial charge in [0.15, 0.2) is 0 Å². The lowest BCUT2D eigenvalue weighted by Crippen LogP contribution is -2.08. The summed E-state index contributed by atoms with van der Waals surface area (Å²) >= 11 is 0. The zero-order chi connectivity index (χ0) is 8.69.